The second-order valence-corrected chi connectivity index (χ2v) is 11.1. The number of fused-ring (bicyclic) bond motifs is 4. The van der Waals surface area contributed by atoms with Crippen LogP contribution in [0.4, 0.5) is 0 Å². The molecule has 0 fully saturated rings. The van der Waals surface area contributed by atoms with Crippen LogP contribution in [0.1, 0.15) is 52.7 Å². The minimum Gasteiger partial charge on any atom is -0.427 e. The summed E-state index contributed by atoms with van der Waals surface area (Å²) in [6.07, 6.45) is 0. The van der Waals surface area contributed by atoms with Crippen molar-refractivity contribution in [1.82, 2.24) is 0 Å². The van der Waals surface area contributed by atoms with Crippen molar-refractivity contribution < 1.29 is 9.76 Å². The second kappa shape index (κ2) is 7.83. The van der Waals surface area contributed by atoms with Crippen molar-refractivity contribution in [2.45, 2.75) is 58.2 Å². The van der Waals surface area contributed by atoms with Gasteiger partial charge in [-0.25, -0.2) is 0 Å². The molecular weight excluding hydrogens is 415 g/mol. The van der Waals surface area contributed by atoms with Crippen LogP contribution in [-0.4, -0.2) is 23.8 Å². The quantitative estimate of drug-likeness (QED) is 0.360. The van der Waals surface area contributed by atoms with Crippen LogP contribution >= 0.6 is 0 Å². The first kappa shape index (κ1) is 22.9. The highest BCUT2D eigenvalue weighted by Crippen LogP contribution is 2.52. The third-order valence-corrected chi connectivity index (χ3v) is 7.95. The molecule has 0 saturated carbocycles. The Kier molecular flexibility index (Phi) is 5.27. The van der Waals surface area contributed by atoms with Gasteiger partial charge in [-0.15, -0.1) is 0 Å². The van der Waals surface area contributed by atoms with Gasteiger partial charge in [-0.3, -0.25) is 0 Å². The minimum atomic E-state index is -0.957. The van der Waals surface area contributed by atoms with Gasteiger partial charge in [0.1, 0.15) is 0 Å². The van der Waals surface area contributed by atoms with Crippen molar-refractivity contribution in [3.05, 3.63) is 90.0 Å². The van der Waals surface area contributed by atoms with Crippen molar-refractivity contribution >= 4 is 23.7 Å². The Balaban J connectivity index is 1.75. The Morgan fingerprint density at radius 1 is 0.706 bits per heavy atom. The predicted octanol–water partition coefficient (Wildman–Crippen LogP) is 6.36. The fraction of sp³-hybridized carbons (Fsp3) is 0.290. The third kappa shape index (κ3) is 3.50. The number of hydrogen-bond acceptors (Lipinski definition) is 2. The maximum Gasteiger partial charge on any atom is 0.310 e. The van der Waals surface area contributed by atoms with Crippen LogP contribution in [0.5, 0.6) is 0 Å². The molecule has 1 aliphatic rings. The molecule has 0 spiro atoms. The smallest absolute Gasteiger partial charge is 0.310 e. The van der Waals surface area contributed by atoms with Gasteiger partial charge in [-0.2, -0.15) is 0 Å². The zero-order valence-corrected chi connectivity index (χ0v) is 21.1. The predicted molar refractivity (Wildman–Crippen MR) is 145 cm³/mol. The van der Waals surface area contributed by atoms with E-state index in [1.54, 1.807) is 13.8 Å². The molecule has 5 rings (SSSR count). The fourth-order valence-corrected chi connectivity index (χ4v) is 5.15. The first-order chi connectivity index (χ1) is 16.0. The monoisotopic (exact) mass is 448 g/mol. The maximum atomic E-state index is 10.7. The van der Waals surface area contributed by atoms with Crippen LogP contribution in [0.15, 0.2) is 78.9 Å². The standard InChI is InChI=1S/C31H33BO2/c1-29(2)24-16-10-9-14-22(24)27-23(15-11-17-25(27)29)28-21-13-8-7-12-20(21)18-19-26(28)32-34-31(5,6)30(3,4)33/h7-19,32-33H,1-6H3. The zero-order chi connectivity index (χ0) is 24.3. The first-order valence-electron chi connectivity index (χ1n) is 12.1. The molecule has 1 N–H and O–H groups in total. The molecule has 0 atom stereocenters. The van der Waals surface area contributed by atoms with E-state index in [1.165, 1.54) is 44.2 Å². The molecule has 0 aliphatic heterocycles. The number of benzene rings is 4. The molecule has 1 aliphatic carbocycles. The molecule has 3 heteroatoms. The van der Waals surface area contributed by atoms with Crippen LogP contribution in [0.2, 0.25) is 0 Å². The number of rotatable bonds is 5. The maximum absolute atomic E-state index is 10.7. The molecule has 0 unspecified atom stereocenters. The molecule has 34 heavy (non-hydrogen) atoms. The molecule has 0 heterocycles. The summed E-state index contributed by atoms with van der Waals surface area (Å²) >= 11 is 0. The lowest BCUT2D eigenvalue weighted by Crippen LogP contribution is -2.49. The van der Waals surface area contributed by atoms with Crippen molar-refractivity contribution in [3.8, 4) is 22.3 Å². The van der Waals surface area contributed by atoms with Gasteiger partial charge in [0.25, 0.3) is 0 Å². The Morgan fingerprint density at radius 3 is 2.12 bits per heavy atom. The van der Waals surface area contributed by atoms with Gasteiger partial charge in [-0.05, 0) is 77.3 Å². The Labute approximate surface area is 203 Å². The summed E-state index contributed by atoms with van der Waals surface area (Å²) in [5.74, 6) is 0. The van der Waals surface area contributed by atoms with Gasteiger partial charge in [-0.1, -0.05) is 92.7 Å². The highest BCUT2D eigenvalue weighted by atomic mass is 16.5. The summed E-state index contributed by atoms with van der Waals surface area (Å²) in [4.78, 5) is 0. The topological polar surface area (TPSA) is 29.5 Å². The third-order valence-electron chi connectivity index (χ3n) is 7.95. The minimum absolute atomic E-state index is 0.0495. The number of aliphatic hydroxyl groups is 1. The van der Waals surface area contributed by atoms with Crippen molar-refractivity contribution in [1.29, 1.82) is 0 Å². The van der Waals surface area contributed by atoms with Crippen LogP contribution in [0.3, 0.4) is 0 Å². The second-order valence-electron chi connectivity index (χ2n) is 11.1. The SMILES string of the molecule is CC1(C)c2ccccc2-c2c(-c3c(BOC(C)(C)C(C)(C)O)ccc4ccccc34)cccc21. The summed E-state index contributed by atoms with van der Waals surface area (Å²) in [5, 5.41) is 13.1. The van der Waals surface area contributed by atoms with Gasteiger partial charge in [0, 0.05) is 5.41 Å². The highest BCUT2D eigenvalue weighted by molar-refractivity contribution is 6.51. The molecule has 0 bridgehead atoms. The first-order valence-corrected chi connectivity index (χ1v) is 12.1. The molecule has 4 aromatic rings. The number of hydrogen-bond donors (Lipinski definition) is 1. The molecule has 0 saturated heterocycles. The van der Waals surface area contributed by atoms with Crippen LogP contribution < -0.4 is 5.46 Å². The summed E-state index contributed by atoms with van der Waals surface area (Å²) < 4.78 is 6.37. The van der Waals surface area contributed by atoms with Gasteiger partial charge < -0.3 is 9.76 Å². The molecule has 4 aromatic carbocycles. The van der Waals surface area contributed by atoms with E-state index in [2.05, 4.69) is 92.7 Å². The van der Waals surface area contributed by atoms with Gasteiger partial charge >= 0.3 is 7.48 Å². The van der Waals surface area contributed by atoms with E-state index in [9.17, 15) is 5.11 Å². The lowest BCUT2D eigenvalue weighted by molar-refractivity contribution is -0.0893. The fourth-order valence-electron chi connectivity index (χ4n) is 5.15. The van der Waals surface area contributed by atoms with E-state index >= 15 is 0 Å². The summed E-state index contributed by atoms with van der Waals surface area (Å²) in [5.41, 5.74) is 7.27. The van der Waals surface area contributed by atoms with Crippen LogP contribution in [0.25, 0.3) is 33.0 Å². The lowest BCUT2D eigenvalue weighted by atomic mass is 9.75. The van der Waals surface area contributed by atoms with E-state index in [0.717, 1.165) is 5.46 Å². The van der Waals surface area contributed by atoms with Crippen molar-refractivity contribution in [3.63, 3.8) is 0 Å². The Hall–Kier alpha value is -2.88. The summed E-state index contributed by atoms with van der Waals surface area (Å²) in [6, 6.07) is 28.5. The van der Waals surface area contributed by atoms with E-state index in [4.69, 9.17) is 4.65 Å². The molecule has 2 nitrogen and oxygen atoms in total. The lowest BCUT2D eigenvalue weighted by Gasteiger charge is -2.37. The zero-order valence-electron chi connectivity index (χ0n) is 21.1. The summed E-state index contributed by atoms with van der Waals surface area (Å²) in [7, 11) is 0.422. The van der Waals surface area contributed by atoms with Crippen molar-refractivity contribution in [2.24, 2.45) is 0 Å². The average Bonchev–Trinajstić information content (AvgIpc) is 3.04. The molecule has 172 valence electrons. The Bertz CT molecular complexity index is 1390. The largest absolute Gasteiger partial charge is 0.427 e. The van der Waals surface area contributed by atoms with E-state index < -0.39 is 11.2 Å². The van der Waals surface area contributed by atoms with Crippen molar-refractivity contribution in [2.75, 3.05) is 0 Å². The Morgan fingerprint density at radius 2 is 1.35 bits per heavy atom. The van der Waals surface area contributed by atoms with Crippen LogP contribution in [-0.2, 0) is 10.1 Å². The van der Waals surface area contributed by atoms with Crippen LogP contribution in [0, 0.1) is 0 Å². The highest BCUT2D eigenvalue weighted by Gasteiger charge is 2.38. The van der Waals surface area contributed by atoms with Gasteiger partial charge in [0.05, 0.1) is 11.2 Å². The van der Waals surface area contributed by atoms with E-state index in [-0.39, 0.29) is 5.41 Å². The van der Waals surface area contributed by atoms with E-state index in [1.807, 2.05) is 13.8 Å². The average molecular weight is 448 g/mol. The molecular formula is C31H33BO2. The van der Waals surface area contributed by atoms with Gasteiger partial charge in [0.2, 0.25) is 0 Å². The van der Waals surface area contributed by atoms with Gasteiger partial charge in [0.15, 0.2) is 0 Å². The molecule has 0 radical (unpaired) electrons. The normalized spacial score (nSPS) is 14.7. The van der Waals surface area contributed by atoms with E-state index in [0.29, 0.717) is 7.48 Å². The molecule has 0 amide bonds. The summed E-state index contributed by atoms with van der Waals surface area (Å²) in [6.45, 7) is 12.1. The molecule has 0 aromatic heterocycles.